The number of imidazole rings is 1. The normalized spacial score (nSPS) is 10.1. The minimum Gasteiger partial charge on any atom is -0.493 e. The van der Waals surface area contributed by atoms with E-state index in [1.807, 2.05) is 0 Å². The van der Waals surface area contributed by atoms with Gasteiger partial charge in [0.1, 0.15) is 6.54 Å². The highest BCUT2D eigenvalue weighted by Gasteiger charge is 2.09. The number of aromatic hydroxyl groups is 1. The highest BCUT2D eigenvalue weighted by atomic mass is 16.4. The van der Waals surface area contributed by atoms with E-state index in [4.69, 9.17) is 10.2 Å². The maximum Gasteiger partial charge on any atom is 0.331 e. The lowest BCUT2D eigenvalue weighted by Crippen LogP contribution is -2.25. The molecule has 1 aromatic rings. The van der Waals surface area contributed by atoms with Gasteiger partial charge in [-0.15, -0.1) is 0 Å². The lowest BCUT2D eigenvalue weighted by atomic mass is 10.6. The monoisotopic (exact) mass is 172 g/mol. The number of hydrogen-bond donors (Lipinski definition) is 2. The molecule has 0 radical (unpaired) electrons. The second kappa shape index (κ2) is 2.72. The van der Waals surface area contributed by atoms with Crippen LogP contribution in [0.25, 0.3) is 0 Å². The fraction of sp³-hybridized carbons (Fsp3) is 0.333. The van der Waals surface area contributed by atoms with Gasteiger partial charge in [-0.25, -0.2) is 4.79 Å². The molecule has 1 heterocycles. The molecular weight excluding hydrogens is 164 g/mol. The summed E-state index contributed by atoms with van der Waals surface area (Å²) < 4.78 is 1.88. The summed E-state index contributed by atoms with van der Waals surface area (Å²) in [5.74, 6) is -1.51. The molecule has 0 aliphatic carbocycles. The van der Waals surface area contributed by atoms with Gasteiger partial charge in [0, 0.05) is 7.05 Å². The molecule has 2 N–H and O–H groups in total. The van der Waals surface area contributed by atoms with Crippen molar-refractivity contribution < 1.29 is 15.0 Å². The van der Waals surface area contributed by atoms with Gasteiger partial charge in [-0.1, -0.05) is 0 Å². The van der Waals surface area contributed by atoms with Gasteiger partial charge in [-0.05, 0) is 0 Å². The third-order valence-corrected chi connectivity index (χ3v) is 1.41. The Balaban J connectivity index is 3.14. The molecule has 0 aromatic carbocycles. The zero-order chi connectivity index (χ0) is 9.30. The zero-order valence-corrected chi connectivity index (χ0v) is 6.39. The zero-order valence-electron chi connectivity index (χ0n) is 6.39. The number of aromatic nitrogens is 2. The molecule has 0 unspecified atom stereocenters. The fourth-order valence-corrected chi connectivity index (χ4v) is 0.870. The minimum absolute atomic E-state index is 0.343. The summed E-state index contributed by atoms with van der Waals surface area (Å²) in [6.07, 6.45) is 1.16. The Labute approximate surface area is 67.3 Å². The van der Waals surface area contributed by atoms with Gasteiger partial charge in [-0.2, -0.15) is 0 Å². The predicted octanol–water partition coefficient (Wildman–Crippen LogP) is -1.02. The van der Waals surface area contributed by atoms with Crippen molar-refractivity contribution in [3.05, 3.63) is 16.7 Å². The van der Waals surface area contributed by atoms with Gasteiger partial charge in [0.2, 0.25) is 5.88 Å². The Hall–Kier alpha value is -1.72. The molecule has 12 heavy (non-hydrogen) atoms. The van der Waals surface area contributed by atoms with Crippen LogP contribution >= 0.6 is 0 Å². The largest absolute Gasteiger partial charge is 0.493 e. The fourth-order valence-electron chi connectivity index (χ4n) is 0.870. The molecule has 66 valence electrons. The van der Waals surface area contributed by atoms with Crippen LogP contribution in [0, 0.1) is 0 Å². The lowest BCUT2D eigenvalue weighted by molar-refractivity contribution is -0.137. The number of rotatable bonds is 2. The molecule has 0 saturated heterocycles. The smallest absolute Gasteiger partial charge is 0.331 e. The third-order valence-electron chi connectivity index (χ3n) is 1.41. The summed E-state index contributed by atoms with van der Waals surface area (Å²) >= 11 is 0. The lowest BCUT2D eigenvalue weighted by Gasteiger charge is -1.95. The highest BCUT2D eigenvalue weighted by molar-refractivity contribution is 5.66. The first-order valence-corrected chi connectivity index (χ1v) is 3.19. The first-order chi connectivity index (χ1) is 5.52. The Kier molecular flexibility index (Phi) is 1.90. The second-order valence-electron chi connectivity index (χ2n) is 2.36. The molecule has 6 nitrogen and oxygen atoms in total. The summed E-state index contributed by atoms with van der Waals surface area (Å²) in [5.41, 5.74) is -0.546. The quantitative estimate of drug-likeness (QED) is 0.597. The second-order valence-corrected chi connectivity index (χ2v) is 2.36. The van der Waals surface area contributed by atoms with Crippen molar-refractivity contribution in [2.45, 2.75) is 6.54 Å². The van der Waals surface area contributed by atoms with Crippen molar-refractivity contribution in [1.82, 2.24) is 9.13 Å². The van der Waals surface area contributed by atoms with Crippen molar-refractivity contribution in [2.24, 2.45) is 7.05 Å². The molecule has 1 aromatic heterocycles. The van der Waals surface area contributed by atoms with Crippen molar-refractivity contribution in [1.29, 1.82) is 0 Å². The highest BCUT2D eigenvalue weighted by Crippen LogP contribution is 2.03. The summed E-state index contributed by atoms with van der Waals surface area (Å²) in [7, 11) is 1.43. The molecule has 6 heteroatoms. The first-order valence-electron chi connectivity index (χ1n) is 3.19. The van der Waals surface area contributed by atoms with Crippen LogP contribution in [0.5, 0.6) is 5.88 Å². The van der Waals surface area contributed by atoms with Crippen LogP contribution < -0.4 is 5.69 Å². The van der Waals surface area contributed by atoms with Crippen LogP contribution in [0.3, 0.4) is 0 Å². The molecule has 0 aliphatic heterocycles. The van der Waals surface area contributed by atoms with Crippen molar-refractivity contribution >= 4 is 5.97 Å². The first kappa shape index (κ1) is 8.38. The predicted molar refractivity (Wildman–Crippen MR) is 39.0 cm³/mol. The van der Waals surface area contributed by atoms with E-state index < -0.39 is 18.2 Å². The summed E-state index contributed by atoms with van der Waals surface area (Å²) in [6, 6.07) is 0. The van der Waals surface area contributed by atoms with Crippen LogP contribution in [-0.2, 0) is 18.4 Å². The van der Waals surface area contributed by atoms with Gasteiger partial charge in [-0.3, -0.25) is 13.9 Å². The van der Waals surface area contributed by atoms with E-state index in [1.165, 1.54) is 7.05 Å². The summed E-state index contributed by atoms with van der Waals surface area (Å²) in [5, 5.41) is 17.4. The maximum atomic E-state index is 11.0. The van der Waals surface area contributed by atoms with E-state index in [0.717, 1.165) is 15.3 Å². The van der Waals surface area contributed by atoms with E-state index in [0.29, 0.717) is 0 Å². The average molecular weight is 172 g/mol. The van der Waals surface area contributed by atoms with Gasteiger partial charge >= 0.3 is 11.7 Å². The van der Waals surface area contributed by atoms with Gasteiger partial charge < -0.3 is 10.2 Å². The number of aryl methyl sites for hydroxylation is 1. The number of hydrogen-bond acceptors (Lipinski definition) is 3. The topological polar surface area (TPSA) is 84.5 Å². The van der Waals surface area contributed by atoms with Crippen LogP contribution in [0.15, 0.2) is 11.0 Å². The molecule has 1 rings (SSSR count). The Bertz CT molecular complexity index is 362. The summed E-state index contributed by atoms with van der Waals surface area (Å²) in [4.78, 5) is 21.2. The Morgan fingerprint density at radius 1 is 1.67 bits per heavy atom. The van der Waals surface area contributed by atoms with Crippen LogP contribution in [0.2, 0.25) is 0 Å². The van der Waals surface area contributed by atoms with E-state index in [9.17, 15) is 9.59 Å². The number of carboxylic acid groups (broad SMARTS) is 1. The molecule has 0 atom stereocenters. The SMILES string of the molecule is Cn1cc(O)n(CC(=O)O)c1=O. The number of carboxylic acids is 1. The van der Waals surface area contributed by atoms with Crippen LogP contribution in [0.1, 0.15) is 0 Å². The van der Waals surface area contributed by atoms with E-state index >= 15 is 0 Å². The number of carbonyl (C=O) groups is 1. The molecule has 0 fully saturated rings. The number of aliphatic carboxylic acids is 1. The van der Waals surface area contributed by atoms with Crippen molar-refractivity contribution in [3.63, 3.8) is 0 Å². The van der Waals surface area contributed by atoms with Crippen LogP contribution in [0.4, 0.5) is 0 Å². The Morgan fingerprint density at radius 3 is 2.58 bits per heavy atom. The third kappa shape index (κ3) is 1.31. The van der Waals surface area contributed by atoms with E-state index in [2.05, 4.69) is 0 Å². The molecule has 0 bridgehead atoms. The average Bonchev–Trinajstić information content (AvgIpc) is 2.16. The molecule has 0 saturated carbocycles. The van der Waals surface area contributed by atoms with Gasteiger partial charge in [0.05, 0.1) is 6.20 Å². The van der Waals surface area contributed by atoms with Crippen molar-refractivity contribution in [2.75, 3.05) is 0 Å². The minimum atomic E-state index is -1.17. The molecule has 0 spiro atoms. The molecular formula is C6H8N2O4. The van der Waals surface area contributed by atoms with Crippen LogP contribution in [-0.4, -0.2) is 25.3 Å². The summed E-state index contributed by atoms with van der Waals surface area (Å²) in [6.45, 7) is -0.522. The standard InChI is InChI=1S/C6H8N2O4/c1-7-2-4(9)8(6(7)12)3-5(10)11/h2,9H,3H2,1H3,(H,10,11). The number of nitrogens with zero attached hydrogens (tertiary/aromatic N) is 2. The molecule has 0 amide bonds. The molecule has 0 aliphatic rings. The van der Waals surface area contributed by atoms with Gasteiger partial charge in [0.15, 0.2) is 0 Å². The van der Waals surface area contributed by atoms with Gasteiger partial charge in [0.25, 0.3) is 0 Å². The van der Waals surface area contributed by atoms with E-state index in [-0.39, 0.29) is 5.88 Å². The Morgan fingerprint density at radius 2 is 2.25 bits per heavy atom. The van der Waals surface area contributed by atoms with E-state index in [1.54, 1.807) is 0 Å². The van der Waals surface area contributed by atoms with Crippen molar-refractivity contribution in [3.8, 4) is 5.88 Å². The maximum absolute atomic E-state index is 11.0.